The van der Waals surface area contributed by atoms with Gasteiger partial charge in [-0.2, -0.15) is 5.26 Å². The van der Waals surface area contributed by atoms with Gasteiger partial charge in [-0.15, -0.1) is 0 Å². The summed E-state index contributed by atoms with van der Waals surface area (Å²) in [6, 6.07) is 9.91. The van der Waals surface area contributed by atoms with Gasteiger partial charge in [0.1, 0.15) is 0 Å². The first-order valence-electron chi connectivity index (χ1n) is 5.54. The molecule has 1 saturated carbocycles. The van der Waals surface area contributed by atoms with Crippen LogP contribution in [-0.2, 0) is 5.54 Å². The quantitative estimate of drug-likeness (QED) is 0.757. The van der Waals surface area contributed by atoms with E-state index >= 15 is 0 Å². The van der Waals surface area contributed by atoms with Crippen molar-refractivity contribution in [3.05, 3.63) is 35.4 Å². The largest absolute Gasteiger partial charge is 0.321 e. The lowest BCUT2D eigenvalue weighted by Gasteiger charge is -2.34. The maximum absolute atomic E-state index is 8.85. The normalized spacial score (nSPS) is 19.5. The van der Waals surface area contributed by atoms with Crippen molar-refractivity contribution >= 4 is 0 Å². The lowest BCUT2D eigenvalue weighted by molar-refractivity contribution is 0.302. The number of rotatable bonds is 1. The number of nitrogens with zero attached hydrogens (tertiary/aromatic N) is 1. The molecule has 1 aliphatic carbocycles. The summed E-state index contributed by atoms with van der Waals surface area (Å²) in [5, 5.41) is 8.85. The minimum Gasteiger partial charge on any atom is -0.321 e. The molecule has 0 unspecified atom stereocenters. The van der Waals surface area contributed by atoms with Crippen molar-refractivity contribution in [1.29, 1.82) is 5.26 Å². The minimum atomic E-state index is -0.189. The van der Waals surface area contributed by atoms with Crippen molar-refractivity contribution in [2.75, 3.05) is 0 Å². The third-order valence-corrected chi connectivity index (χ3v) is 3.31. The number of benzene rings is 1. The van der Waals surface area contributed by atoms with Crippen LogP contribution < -0.4 is 5.73 Å². The maximum Gasteiger partial charge on any atom is 0.0991 e. The standard InChI is InChI=1S/C13H16N2/c14-10-11-5-4-6-12(9-11)13(15)7-2-1-3-8-13/h4-6,9H,1-3,7-8,15H2. The molecule has 0 radical (unpaired) electrons. The predicted molar refractivity (Wildman–Crippen MR) is 60.1 cm³/mol. The fraction of sp³-hybridized carbons (Fsp3) is 0.462. The van der Waals surface area contributed by atoms with Gasteiger partial charge in [-0.25, -0.2) is 0 Å². The molecule has 2 rings (SSSR count). The molecule has 1 aromatic carbocycles. The van der Waals surface area contributed by atoms with Gasteiger partial charge in [0.05, 0.1) is 11.6 Å². The molecule has 1 fully saturated rings. The van der Waals surface area contributed by atoms with Gasteiger partial charge in [-0.05, 0) is 30.5 Å². The highest BCUT2D eigenvalue weighted by Gasteiger charge is 2.29. The van der Waals surface area contributed by atoms with Gasteiger partial charge in [0.25, 0.3) is 0 Å². The zero-order chi connectivity index (χ0) is 10.7. The SMILES string of the molecule is N#Cc1cccc(C2(N)CCCCC2)c1. The molecule has 0 spiro atoms. The molecule has 2 nitrogen and oxygen atoms in total. The second-order valence-corrected chi connectivity index (χ2v) is 4.41. The molecule has 0 aromatic heterocycles. The van der Waals surface area contributed by atoms with Gasteiger partial charge in [-0.1, -0.05) is 31.4 Å². The average molecular weight is 200 g/mol. The Bertz CT molecular complexity index is 384. The molecule has 2 heteroatoms. The van der Waals surface area contributed by atoms with E-state index in [1.807, 2.05) is 24.3 Å². The Kier molecular flexibility index (Phi) is 2.75. The van der Waals surface area contributed by atoms with Crippen molar-refractivity contribution in [2.24, 2.45) is 5.73 Å². The first-order valence-corrected chi connectivity index (χ1v) is 5.54. The summed E-state index contributed by atoms with van der Waals surface area (Å²) in [5.74, 6) is 0. The Balaban J connectivity index is 2.31. The van der Waals surface area contributed by atoms with E-state index in [4.69, 9.17) is 11.0 Å². The van der Waals surface area contributed by atoms with Crippen LogP contribution in [0.5, 0.6) is 0 Å². The van der Waals surface area contributed by atoms with E-state index in [9.17, 15) is 0 Å². The molecule has 0 amide bonds. The maximum atomic E-state index is 8.85. The number of nitrogens with two attached hydrogens (primary N) is 1. The summed E-state index contributed by atoms with van der Waals surface area (Å²) in [5.41, 5.74) is 8.04. The first-order chi connectivity index (χ1) is 7.24. The zero-order valence-electron chi connectivity index (χ0n) is 8.87. The molecule has 0 heterocycles. The van der Waals surface area contributed by atoms with E-state index in [-0.39, 0.29) is 5.54 Å². The molecule has 0 bridgehead atoms. The van der Waals surface area contributed by atoms with Crippen LogP contribution in [0.2, 0.25) is 0 Å². The Morgan fingerprint density at radius 3 is 2.60 bits per heavy atom. The van der Waals surface area contributed by atoms with E-state index < -0.39 is 0 Å². The number of nitriles is 1. The molecule has 0 aliphatic heterocycles. The Morgan fingerprint density at radius 1 is 1.20 bits per heavy atom. The van der Waals surface area contributed by atoms with Crippen molar-refractivity contribution in [3.63, 3.8) is 0 Å². The third kappa shape index (κ3) is 2.03. The van der Waals surface area contributed by atoms with Crippen LogP contribution in [0.1, 0.15) is 43.2 Å². The van der Waals surface area contributed by atoms with Crippen molar-refractivity contribution in [1.82, 2.24) is 0 Å². The summed E-state index contributed by atoms with van der Waals surface area (Å²) in [6.45, 7) is 0. The van der Waals surface area contributed by atoms with Crippen LogP contribution in [0.4, 0.5) is 0 Å². The Labute approximate surface area is 90.7 Å². The summed E-state index contributed by atoms with van der Waals surface area (Å²) in [4.78, 5) is 0. The van der Waals surface area contributed by atoms with E-state index in [1.165, 1.54) is 19.3 Å². The fourth-order valence-corrected chi connectivity index (χ4v) is 2.37. The van der Waals surface area contributed by atoms with E-state index in [1.54, 1.807) is 0 Å². The molecule has 1 aliphatic rings. The van der Waals surface area contributed by atoms with Crippen molar-refractivity contribution in [3.8, 4) is 6.07 Å². The minimum absolute atomic E-state index is 0.189. The zero-order valence-corrected chi connectivity index (χ0v) is 8.87. The van der Waals surface area contributed by atoms with Gasteiger partial charge in [0.2, 0.25) is 0 Å². The molecule has 2 N–H and O–H groups in total. The predicted octanol–water partition coefficient (Wildman–Crippen LogP) is 2.68. The van der Waals surface area contributed by atoms with E-state index in [0.29, 0.717) is 5.56 Å². The van der Waals surface area contributed by atoms with E-state index in [2.05, 4.69) is 6.07 Å². The lowest BCUT2D eigenvalue weighted by Crippen LogP contribution is -2.38. The van der Waals surface area contributed by atoms with Crippen LogP contribution in [0.15, 0.2) is 24.3 Å². The fourth-order valence-electron chi connectivity index (χ4n) is 2.37. The molecule has 0 atom stereocenters. The van der Waals surface area contributed by atoms with Crippen molar-refractivity contribution in [2.45, 2.75) is 37.6 Å². The molecule has 15 heavy (non-hydrogen) atoms. The molecular weight excluding hydrogens is 184 g/mol. The average Bonchev–Trinajstić information content (AvgIpc) is 2.30. The highest BCUT2D eigenvalue weighted by atomic mass is 14.7. The smallest absolute Gasteiger partial charge is 0.0991 e. The topological polar surface area (TPSA) is 49.8 Å². The van der Waals surface area contributed by atoms with Gasteiger partial charge in [-0.3, -0.25) is 0 Å². The summed E-state index contributed by atoms with van der Waals surface area (Å²) < 4.78 is 0. The first kappa shape index (κ1) is 10.2. The molecule has 0 saturated heterocycles. The van der Waals surface area contributed by atoms with Crippen LogP contribution in [-0.4, -0.2) is 0 Å². The van der Waals surface area contributed by atoms with Crippen LogP contribution in [0.25, 0.3) is 0 Å². The lowest BCUT2D eigenvalue weighted by atomic mass is 9.77. The molecule has 78 valence electrons. The highest BCUT2D eigenvalue weighted by Crippen LogP contribution is 2.34. The number of hydrogen-bond donors (Lipinski definition) is 1. The third-order valence-electron chi connectivity index (χ3n) is 3.31. The van der Waals surface area contributed by atoms with Gasteiger partial charge in [0.15, 0.2) is 0 Å². The summed E-state index contributed by atoms with van der Waals surface area (Å²) >= 11 is 0. The van der Waals surface area contributed by atoms with Gasteiger partial charge in [0, 0.05) is 5.54 Å². The highest BCUT2D eigenvalue weighted by molar-refractivity contribution is 5.36. The van der Waals surface area contributed by atoms with Crippen molar-refractivity contribution < 1.29 is 0 Å². The molecule has 1 aromatic rings. The second-order valence-electron chi connectivity index (χ2n) is 4.41. The second kappa shape index (κ2) is 4.04. The van der Waals surface area contributed by atoms with E-state index in [0.717, 1.165) is 18.4 Å². The summed E-state index contributed by atoms with van der Waals surface area (Å²) in [7, 11) is 0. The van der Waals surface area contributed by atoms with Gasteiger partial charge >= 0.3 is 0 Å². The van der Waals surface area contributed by atoms with Crippen LogP contribution in [0, 0.1) is 11.3 Å². The Morgan fingerprint density at radius 2 is 1.93 bits per heavy atom. The Hall–Kier alpha value is -1.33. The molecular formula is C13H16N2. The van der Waals surface area contributed by atoms with Gasteiger partial charge < -0.3 is 5.73 Å². The van der Waals surface area contributed by atoms with Crippen LogP contribution >= 0.6 is 0 Å². The van der Waals surface area contributed by atoms with Crippen LogP contribution in [0.3, 0.4) is 0 Å². The number of hydrogen-bond acceptors (Lipinski definition) is 2. The summed E-state index contributed by atoms with van der Waals surface area (Å²) in [6.07, 6.45) is 5.78. The monoisotopic (exact) mass is 200 g/mol.